The van der Waals surface area contributed by atoms with Crippen LogP contribution in [0.4, 0.5) is 0 Å². The number of rotatable bonds is 2. The normalized spacial score (nSPS) is 10.6. The van der Waals surface area contributed by atoms with Crippen LogP contribution in [0.25, 0.3) is 0 Å². The minimum absolute atomic E-state index is 0.241. The highest BCUT2D eigenvalue weighted by Gasteiger charge is 2.08. The van der Waals surface area contributed by atoms with Gasteiger partial charge in [-0.15, -0.1) is 0 Å². The van der Waals surface area contributed by atoms with Gasteiger partial charge in [-0.3, -0.25) is 0 Å². The lowest BCUT2D eigenvalue weighted by Crippen LogP contribution is -1.98. The Hall–Kier alpha value is -0.100. The first-order chi connectivity index (χ1) is 8.06. The summed E-state index contributed by atoms with van der Waals surface area (Å²) >= 11 is 19.9. The van der Waals surface area contributed by atoms with Crippen molar-refractivity contribution in [2.24, 2.45) is 0 Å². The summed E-state index contributed by atoms with van der Waals surface area (Å²) in [4.78, 5) is 8.10. The number of hydrogen-bond donors (Lipinski definition) is 0. The molecule has 0 saturated heterocycles. The number of halogens is 4. The quantitative estimate of drug-likeness (QED) is 0.544. The van der Waals surface area contributed by atoms with Crippen LogP contribution < -0.4 is 0 Å². The van der Waals surface area contributed by atoms with E-state index in [2.05, 4.69) is 32.6 Å². The zero-order valence-corrected chi connectivity index (χ0v) is 12.8. The summed E-state index contributed by atoms with van der Waals surface area (Å²) in [7, 11) is 0. The van der Waals surface area contributed by atoms with Crippen LogP contribution in [0.1, 0.15) is 11.3 Å². The van der Waals surface area contributed by atoms with Crippen molar-refractivity contribution in [3.05, 3.63) is 54.6 Å². The molecule has 1 aromatic carbocycles. The summed E-state index contributed by atoms with van der Waals surface area (Å²) in [6, 6.07) is 5.41. The van der Waals surface area contributed by atoms with E-state index in [1.807, 2.05) is 6.07 Å². The van der Waals surface area contributed by atoms with Gasteiger partial charge in [0.05, 0.1) is 9.26 Å². The maximum atomic E-state index is 6.11. The van der Waals surface area contributed by atoms with Crippen molar-refractivity contribution in [2.75, 3.05) is 0 Å². The van der Waals surface area contributed by atoms with Crippen LogP contribution in [0.2, 0.25) is 15.3 Å². The second-order valence-corrected chi connectivity index (χ2v) is 5.69. The molecule has 0 radical (unpaired) electrons. The van der Waals surface area contributed by atoms with Crippen molar-refractivity contribution < 1.29 is 0 Å². The minimum Gasteiger partial charge on any atom is -0.225 e. The van der Waals surface area contributed by atoms with Gasteiger partial charge in [-0.2, -0.15) is 0 Å². The molecule has 0 atom stereocenters. The molecule has 0 aliphatic carbocycles. The Morgan fingerprint density at radius 3 is 2.65 bits per heavy atom. The van der Waals surface area contributed by atoms with E-state index in [0.29, 0.717) is 16.5 Å². The predicted octanol–water partition coefficient (Wildman–Crippen LogP) is 4.63. The van der Waals surface area contributed by atoms with Gasteiger partial charge >= 0.3 is 0 Å². The molecule has 0 bridgehead atoms. The zero-order valence-electron chi connectivity index (χ0n) is 8.42. The van der Waals surface area contributed by atoms with Gasteiger partial charge in [0.15, 0.2) is 0 Å². The third-order valence-corrected chi connectivity index (χ3v) is 3.83. The van der Waals surface area contributed by atoms with Gasteiger partial charge in [-0.05, 0) is 51.9 Å². The van der Waals surface area contributed by atoms with Crippen molar-refractivity contribution in [1.82, 2.24) is 9.97 Å². The Labute approximate surface area is 127 Å². The molecule has 0 amide bonds. The van der Waals surface area contributed by atoms with Crippen molar-refractivity contribution in [1.29, 1.82) is 0 Å². The Bertz CT molecular complexity index is 560. The topological polar surface area (TPSA) is 25.8 Å². The molecule has 0 spiro atoms. The minimum atomic E-state index is 0.241. The SMILES string of the molecule is Clc1ccc(Cc2nc(Cl)ncc2I)c(Cl)c1. The molecular weight excluding hydrogens is 393 g/mol. The molecule has 2 rings (SSSR count). The van der Waals surface area contributed by atoms with Gasteiger partial charge in [-0.1, -0.05) is 29.3 Å². The first kappa shape index (κ1) is 13.3. The summed E-state index contributed by atoms with van der Waals surface area (Å²) in [5, 5.41) is 1.49. The highest BCUT2D eigenvalue weighted by atomic mass is 127. The monoisotopic (exact) mass is 398 g/mol. The van der Waals surface area contributed by atoms with E-state index in [4.69, 9.17) is 34.8 Å². The summed E-state index contributed by atoms with van der Waals surface area (Å²) in [6.07, 6.45) is 2.30. The van der Waals surface area contributed by atoms with Crippen LogP contribution >= 0.6 is 57.4 Å². The molecule has 0 aliphatic rings. The van der Waals surface area contributed by atoms with E-state index < -0.39 is 0 Å². The van der Waals surface area contributed by atoms with E-state index in [0.717, 1.165) is 14.8 Å². The molecule has 0 aliphatic heterocycles. The summed E-state index contributed by atoms with van der Waals surface area (Å²) in [6.45, 7) is 0. The summed E-state index contributed by atoms with van der Waals surface area (Å²) in [5.41, 5.74) is 1.82. The highest BCUT2D eigenvalue weighted by molar-refractivity contribution is 14.1. The molecule has 1 aromatic heterocycles. The lowest BCUT2D eigenvalue weighted by Gasteiger charge is -2.06. The average molecular weight is 399 g/mol. The molecular formula is C11H6Cl3IN2. The Morgan fingerprint density at radius 1 is 1.18 bits per heavy atom. The molecule has 0 unspecified atom stereocenters. The fourth-order valence-corrected chi connectivity index (χ4v) is 2.42. The fraction of sp³-hybridized carbons (Fsp3) is 0.0909. The Balaban J connectivity index is 2.34. The summed E-state index contributed by atoms with van der Waals surface area (Å²) < 4.78 is 0.956. The van der Waals surface area contributed by atoms with Gasteiger partial charge in [0.2, 0.25) is 5.28 Å². The second-order valence-electron chi connectivity index (χ2n) is 3.35. The number of nitrogens with zero attached hydrogens (tertiary/aromatic N) is 2. The largest absolute Gasteiger partial charge is 0.225 e. The highest BCUT2D eigenvalue weighted by Crippen LogP contribution is 2.24. The van der Waals surface area contributed by atoms with Crippen LogP contribution in [0, 0.1) is 3.57 Å². The molecule has 0 fully saturated rings. The second kappa shape index (κ2) is 5.69. The van der Waals surface area contributed by atoms with E-state index >= 15 is 0 Å². The molecule has 17 heavy (non-hydrogen) atoms. The van der Waals surface area contributed by atoms with Crippen LogP contribution in [0.3, 0.4) is 0 Å². The van der Waals surface area contributed by atoms with Gasteiger partial charge < -0.3 is 0 Å². The van der Waals surface area contributed by atoms with Crippen LogP contribution in [-0.2, 0) is 6.42 Å². The predicted molar refractivity (Wildman–Crippen MR) is 79.0 cm³/mol. The van der Waals surface area contributed by atoms with Crippen molar-refractivity contribution in [2.45, 2.75) is 6.42 Å². The fourth-order valence-electron chi connectivity index (χ4n) is 1.35. The lowest BCUT2D eigenvalue weighted by molar-refractivity contribution is 1.01. The van der Waals surface area contributed by atoms with E-state index in [9.17, 15) is 0 Å². The number of aromatic nitrogens is 2. The standard InChI is InChI=1S/C11H6Cl3IN2/c12-7-2-1-6(8(13)4-7)3-10-9(15)5-16-11(14)17-10/h1-2,4-5H,3H2. The maximum absolute atomic E-state index is 6.11. The van der Waals surface area contributed by atoms with Gasteiger partial charge in [-0.25, -0.2) is 9.97 Å². The number of benzene rings is 1. The number of hydrogen-bond acceptors (Lipinski definition) is 2. The zero-order chi connectivity index (χ0) is 12.4. The Kier molecular flexibility index (Phi) is 4.47. The maximum Gasteiger partial charge on any atom is 0.222 e. The van der Waals surface area contributed by atoms with Crippen molar-refractivity contribution >= 4 is 57.4 Å². The molecule has 2 aromatic rings. The molecule has 1 heterocycles. The van der Waals surface area contributed by atoms with E-state index in [-0.39, 0.29) is 5.28 Å². The molecule has 0 N–H and O–H groups in total. The van der Waals surface area contributed by atoms with E-state index in [1.165, 1.54) is 0 Å². The van der Waals surface area contributed by atoms with Gasteiger partial charge in [0.1, 0.15) is 0 Å². The van der Waals surface area contributed by atoms with E-state index in [1.54, 1.807) is 18.3 Å². The van der Waals surface area contributed by atoms with Gasteiger partial charge in [0.25, 0.3) is 0 Å². The third-order valence-electron chi connectivity index (χ3n) is 2.16. The van der Waals surface area contributed by atoms with Gasteiger partial charge in [0, 0.05) is 22.7 Å². The Morgan fingerprint density at radius 2 is 1.94 bits per heavy atom. The summed E-state index contributed by atoms with van der Waals surface area (Å²) in [5.74, 6) is 0. The van der Waals surface area contributed by atoms with Crippen molar-refractivity contribution in [3.63, 3.8) is 0 Å². The molecule has 0 saturated carbocycles. The smallest absolute Gasteiger partial charge is 0.222 e. The molecule has 88 valence electrons. The first-order valence-corrected chi connectivity index (χ1v) is 6.88. The average Bonchev–Trinajstić information content (AvgIpc) is 2.27. The third kappa shape index (κ3) is 3.44. The first-order valence-electron chi connectivity index (χ1n) is 4.67. The lowest BCUT2D eigenvalue weighted by atomic mass is 10.1. The molecule has 6 heteroatoms. The van der Waals surface area contributed by atoms with Crippen LogP contribution in [-0.4, -0.2) is 9.97 Å². The van der Waals surface area contributed by atoms with Crippen LogP contribution in [0.5, 0.6) is 0 Å². The van der Waals surface area contributed by atoms with Crippen molar-refractivity contribution in [3.8, 4) is 0 Å². The molecule has 2 nitrogen and oxygen atoms in total. The van der Waals surface area contributed by atoms with Crippen LogP contribution in [0.15, 0.2) is 24.4 Å².